The largest absolute Gasteiger partial charge is 0.491 e. The molecule has 1 amide bonds. The molecule has 4 nitrogen and oxygen atoms in total. The lowest BCUT2D eigenvalue weighted by Gasteiger charge is -2.11. The molecule has 0 aliphatic carbocycles. The molecule has 1 rings (SSSR count). The molecule has 0 bridgehead atoms. The zero-order valence-corrected chi connectivity index (χ0v) is 10.7. The SMILES string of the molecule is Cc1ccc(OCCCC(=O)N(C)C)c(N)c1. The van der Waals surface area contributed by atoms with Gasteiger partial charge >= 0.3 is 0 Å². The number of hydrogen-bond acceptors (Lipinski definition) is 3. The molecule has 0 unspecified atom stereocenters. The van der Waals surface area contributed by atoms with Gasteiger partial charge in [0.2, 0.25) is 5.91 Å². The van der Waals surface area contributed by atoms with Crippen LogP contribution in [-0.2, 0) is 4.79 Å². The summed E-state index contributed by atoms with van der Waals surface area (Å²) >= 11 is 0. The van der Waals surface area contributed by atoms with Gasteiger partial charge in [-0.1, -0.05) is 6.07 Å². The topological polar surface area (TPSA) is 55.6 Å². The number of nitrogens with zero attached hydrogens (tertiary/aromatic N) is 1. The van der Waals surface area contributed by atoms with Gasteiger partial charge in [0.15, 0.2) is 0 Å². The third-order valence-electron chi connectivity index (χ3n) is 2.46. The van der Waals surface area contributed by atoms with Crippen molar-refractivity contribution >= 4 is 11.6 Å². The molecule has 2 N–H and O–H groups in total. The van der Waals surface area contributed by atoms with E-state index in [0.717, 1.165) is 5.56 Å². The highest BCUT2D eigenvalue weighted by Gasteiger charge is 2.04. The summed E-state index contributed by atoms with van der Waals surface area (Å²) in [7, 11) is 3.50. The molecular formula is C13H20N2O2. The van der Waals surface area contributed by atoms with E-state index in [9.17, 15) is 4.79 Å². The second kappa shape index (κ2) is 6.13. The molecule has 94 valence electrons. The monoisotopic (exact) mass is 236 g/mol. The van der Waals surface area contributed by atoms with Crippen molar-refractivity contribution in [3.05, 3.63) is 23.8 Å². The first-order chi connectivity index (χ1) is 8.00. The molecule has 4 heteroatoms. The first-order valence-corrected chi connectivity index (χ1v) is 5.70. The van der Waals surface area contributed by atoms with Crippen LogP contribution in [0.3, 0.4) is 0 Å². The Morgan fingerprint density at radius 3 is 2.71 bits per heavy atom. The average molecular weight is 236 g/mol. The molecule has 0 aliphatic heterocycles. The van der Waals surface area contributed by atoms with Gasteiger partial charge in [0.25, 0.3) is 0 Å². The highest BCUT2D eigenvalue weighted by molar-refractivity contribution is 5.75. The molecule has 0 atom stereocenters. The van der Waals surface area contributed by atoms with Crippen molar-refractivity contribution in [2.75, 3.05) is 26.4 Å². The summed E-state index contributed by atoms with van der Waals surface area (Å²) < 4.78 is 5.53. The van der Waals surface area contributed by atoms with Gasteiger partial charge in [0.1, 0.15) is 5.75 Å². The Morgan fingerprint density at radius 1 is 1.41 bits per heavy atom. The molecule has 1 aromatic rings. The lowest BCUT2D eigenvalue weighted by Crippen LogP contribution is -2.21. The number of aryl methyl sites for hydroxylation is 1. The standard InChI is InChI=1S/C13H20N2O2/c1-10-6-7-12(11(14)9-10)17-8-4-5-13(16)15(2)3/h6-7,9H,4-5,8,14H2,1-3H3. The number of nitrogens with two attached hydrogens (primary N) is 1. The third kappa shape index (κ3) is 4.34. The van der Waals surface area contributed by atoms with Gasteiger partial charge in [-0.2, -0.15) is 0 Å². The Bertz CT molecular complexity index is 389. The van der Waals surface area contributed by atoms with Crippen LogP contribution in [0.2, 0.25) is 0 Å². The van der Waals surface area contributed by atoms with Crippen molar-refractivity contribution in [2.24, 2.45) is 0 Å². The molecule has 0 saturated heterocycles. The lowest BCUT2D eigenvalue weighted by molar-refractivity contribution is -0.128. The fourth-order valence-electron chi connectivity index (χ4n) is 1.43. The molecule has 0 saturated carbocycles. The van der Waals surface area contributed by atoms with E-state index in [-0.39, 0.29) is 5.91 Å². The van der Waals surface area contributed by atoms with Gasteiger partial charge in [0.05, 0.1) is 12.3 Å². The Labute approximate surface area is 102 Å². The number of amides is 1. The van der Waals surface area contributed by atoms with Crippen LogP contribution in [-0.4, -0.2) is 31.5 Å². The van der Waals surface area contributed by atoms with Crippen LogP contribution in [0.5, 0.6) is 5.75 Å². The van der Waals surface area contributed by atoms with E-state index in [0.29, 0.717) is 30.9 Å². The van der Waals surface area contributed by atoms with E-state index in [4.69, 9.17) is 10.5 Å². The highest BCUT2D eigenvalue weighted by Crippen LogP contribution is 2.22. The van der Waals surface area contributed by atoms with E-state index in [1.807, 2.05) is 25.1 Å². The molecular weight excluding hydrogens is 216 g/mol. The summed E-state index contributed by atoms with van der Waals surface area (Å²) in [5, 5.41) is 0. The quantitative estimate of drug-likeness (QED) is 0.626. The first kappa shape index (κ1) is 13.4. The van der Waals surface area contributed by atoms with Crippen molar-refractivity contribution in [3.63, 3.8) is 0 Å². The van der Waals surface area contributed by atoms with Crippen LogP contribution >= 0.6 is 0 Å². The van der Waals surface area contributed by atoms with Crippen molar-refractivity contribution in [1.29, 1.82) is 0 Å². The minimum absolute atomic E-state index is 0.116. The molecule has 0 aromatic heterocycles. The predicted molar refractivity (Wildman–Crippen MR) is 69.0 cm³/mol. The molecule has 0 fully saturated rings. The van der Waals surface area contributed by atoms with Crippen LogP contribution in [0.15, 0.2) is 18.2 Å². The van der Waals surface area contributed by atoms with Crippen LogP contribution in [0.1, 0.15) is 18.4 Å². The number of hydrogen-bond donors (Lipinski definition) is 1. The molecule has 0 aliphatic rings. The lowest BCUT2D eigenvalue weighted by atomic mass is 10.2. The van der Waals surface area contributed by atoms with E-state index >= 15 is 0 Å². The van der Waals surface area contributed by atoms with Crippen molar-refractivity contribution in [3.8, 4) is 5.75 Å². The van der Waals surface area contributed by atoms with E-state index in [1.165, 1.54) is 0 Å². The summed E-state index contributed by atoms with van der Waals surface area (Å²) in [5.74, 6) is 0.804. The number of rotatable bonds is 5. The summed E-state index contributed by atoms with van der Waals surface area (Å²) in [6.07, 6.45) is 1.20. The van der Waals surface area contributed by atoms with Gasteiger partial charge < -0.3 is 15.4 Å². The molecule has 0 spiro atoms. The number of carbonyl (C=O) groups excluding carboxylic acids is 1. The van der Waals surface area contributed by atoms with Crippen LogP contribution < -0.4 is 10.5 Å². The second-order valence-corrected chi connectivity index (χ2v) is 4.28. The second-order valence-electron chi connectivity index (χ2n) is 4.28. The number of ether oxygens (including phenoxy) is 1. The minimum Gasteiger partial charge on any atom is -0.491 e. The smallest absolute Gasteiger partial charge is 0.222 e. The normalized spacial score (nSPS) is 10.1. The summed E-state index contributed by atoms with van der Waals surface area (Å²) in [6.45, 7) is 2.49. The highest BCUT2D eigenvalue weighted by atomic mass is 16.5. The Hall–Kier alpha value is -1.71. The van der Waals surface area contributed by atoms with Gasteiger partial charge in [-0.05, 0) is 31.0 Å². The maximum absolute atomic E-state index is 11.3. The van der Waals surface area contributed by atoms with E-state index < -0.39 is 0 Å². The van der Waals surface area contributed by atoms with Crippen LogP contribution in [0.4, 0.5) is 5.69 Å². The maximum Gasteiger partial charge on any atom is 0.222 e. The fraction of sp³-hybridized carbons (Fsp3) is 0.462. The molecule has 0 radical (unpaired) electrons. The maximum atomic E-state index is 11.3. The van der Waals surface area contributed by atoms with Gasteiger partial charge in [-0.15, -0.1) is 0 Å². The minimum atomic E-state index is 0.116. The van der Waals surface area contributed by atoms with E-state index in [2.05, 4.69) is 0 Å². The number of anilines is 1. The predicted octanol–water partition coefficient (Wildman–Crippen LogP) is 1.82. The Kier molecular flexibility index (Phi) is 4.82. The third-order valence-corrected chi connectivity index (χ3v) is 2.46. The van der Waals surface area contributed by atoms with Gasteiger partial charge in [-0.25, -0.2) is 0 Å². The Balaban J connectivity index is 2.34. The van der Waals surface area contributed by atoms with E-state index in [1.54, 1.807) is 19.0 Å². The fourth-order valence-corrected chi connectivity index (χ4v) is 1.43. The van der Waals surface area contributed by atoms with Crippen molar-refractivity contribution in [1.82, 2.24) is 4.90 Å². The number of benzene rings is 1. The molecule has 17 heavy (non-hydrogen) atoms. The zero-order valence-electron chi connectivity index (χ0n) is 10.7. The Morgan fingerprint density at radius 2 is 2.12 bits per heavy atom. The number of carbonyl (C=O) groups is 1. The summed E-state index contributed by atoms with van der Waals surface area (Å²) in [4.78, 5) is 12.9. The average Bonchev–Trinajstić information content (AvgIpc) is 2.26. The molecule has 0 heterocycles. The molecule has 1 aromatic carbocycles. The first-order valence-electron chi connectivity index (χ1n) is 5.70. The summed E-state index contributed by atoms with van der Waals surface area (Å²) in [5.41, 5.74) is 7.56. The van der Waals surface area contributed by atoms with Crippen molar-refractivity contribution in [2.45, 2.75) is 19.8 Å². The summed E-state index contributed by atoms with van der Waals surface area (Å²) in [6, 6.07) is 5.69. The van der Waals surface area contributed by atoms with Gasteiger partial charge in [-0.3, -0.25) is 4.79 Å². The zero-order chi connectivity index (χ0) is 12.8. The van der Waals surface area contributed by atoms with Gasteiger partial charge in [0, 0.05) is 20.5 Å². The number of nitrogen functional groups attached to an aromatic ring is 1. The van der Waals surface area contributed by atoms with Crippen LogP contribution in [0.25, 0.3) is 0 Å². The van der Waals surface area contributed by atoms with Crippen molar-refractivity contribution < 1.29 is 9.53 Å². The van der Waals surface area contributed by atoms with Crippen LogP contribution in [0, 0.1) is 6.92 Å².